The second-order valence-corrected chi connectivity index (χ2v) is 10.5. The molecule has 1 amide bonds. The minimum Gasteiger partial charge on any atom is -0.496 e. The SMILES string of the molecule is COc1cc(C)[nH]c(=O)c1CNC(=O)c1c(C)n([C@@H](C)C2CCN(CF)CC2)c2cc(OC(C)C)ccc12. The van der Waals surface area contributed by atoms with E-state index in [1.54, 1.807) is 13.0 Å². The molecule has 0 aliphatic carbocycles. The van der Waals surface area contributed by atoms with Gasteiger partial charge in [-0.25, -0.2) is 4.39 Å². The van der Waals surface area contributed by atoms with E-state index in [4.69, 9.17) is 9.47 Å². The number of piperidine rings is 1. The van der Waals surface area contributed by atoms with Crippen molar-refractivity contribution in [3.8, 4) is 11.5 Å². The molecular formula is C29H39FN4O4. The number of hydrogen-bond donors (Lipinski definition) is 2. The van der Waals surface area contributed by atoms with Crippen molar-refractivity contribution >= 4 is 16.8 Å². The fourth-order valence-corrected chi connectivity index (χ4v) is 5.63. The van der Waals surface area contributed by atoms with Crippen LogP contribution in [0.1, 0.15) is 67.0 Å². The van der Waals surface area contributed by atoms with Crippen molar-refractivity contribution in [3.05, 3.63) is 57.1 Å². The molecule has 2 N–H and O–H groups in total. The molecule has 1 saturated heterocycles. The van der Waals surface area contributed by atoms with Crippen molar-refractivity contribution in [3.63, 3.8) is 0 Å². The third-order valence-corrected chi connectivity index (χ3v) is 7.59. The average Bonchev–Trinajstić information content (AvgIpc) is 3.17. The summed E-state index contributed by atoms with van der Waals surface area (Å²) in [5.74, 6) is 1.28. The van der Waals surface area contributed by atoms with Crippen LogP contribution in [0.25, 0.3) is 10.9 Å². The van der Waals surface area contributed by atoms with Crippen LogP contribution in [0.2, 0.25) is 0 Å². The predicted octanol–water partition coefficient (Wildman–Crippen LogP) is 4.87. The average molecular weight is 527 g/mol. The standard InChI is InChI=1S/C29H39FN4O4/c1-17(2)38-22-7-8-23-25(14-22)34(19(4)21-9-11-33(16-30)12-10-21)20(5)27(23)29(36)31-15-24-26(37-6)13-18(3)32-28(24)35/h7-8,13-14,17,19,21H,9-12,15-16H2,1-6H3,(H,31,36)(H,32,35)/t19-/m0/s1. The Kier molecular flexibility index (Phi) is 8.45. The molecule has 0 radical (unpaired) electrons. The number of hydrogen-bond acceptors (Lipinski definition) is 5. The second kappa shape index (κ2) is 11.6. The molecule has 3 heterocycles. The van der Waals surface area contributed by atoms with Crippen molar-refractivity contribution in [2.45, 2.75) is 66.2 Å². The number of benzene rings is 1. The lowest BCUT2D eigenvalue weighted by molar-refractivity contribution is 0.0950. The van der Waals surface area contributed by atoms with Gasteiger partial charge in [0, 0.05) is 42.0 Å². The summed E-state index contributed by atoms with van der Waals surface area (Å²) in [4.78, 5) is 30.8. The van der Waals surface area contributed by atoms with Crippen LogP contribution in [-0.4, -0.2) is 53.5 Å². The van der Waals surface area contributed by atoms with Crippen LogP contribution in [0.15, 0.2) is 29.1 Å². The highest BCUT2D eigenvalue weighted by Crippen LogP contribution is 2.37. The summed E-state index contributed by atoms with van der Waals surface area (Å²) >= 11 is 0. The summed E-state index contributed by atoms with van der Waals surface area (Å²) in [6, 6.07) is 7.67. The first-order valence-corrected chi connectivity index (χ1v) is 13.3. The Morgan fingerprint density at radius 1 is 1.18 bits per heavy atom. The van der Waals surface area contributed by atoms with Gasteiger partial charge in [-0.1, -0.05) is 0 Å². The summed E-state index contributed by atoms with van der Waals surface area (Å²) in [6.45, 7) is 11.0. The van der Waals surface area contributed by atoms with E-state index in [0.29, 0.717) is 28.5 Å². The van der Waals surface area contributed by atoms with Gasteiger partial charge in [-0.3, -0.25) is 14.5 Å². The largest absolute Gasteiger partial charge is 0.496 e. The molecule has 0 spiro atoms. The van der Waals surface area contributed by atoms with Gasteiger partial charge in [0.25, 0.3) is 11.5 Å². The lowest BCUT2D eigenvalue weighted by atomic mass is 9.90. The van der Waals surface area contributed by atoms with Gasteiger partial charge < -0.3 is 24.3 Å². The number of rotatable bonds is 9. The van der Waals surface area contributed by atoms with Crippen LogP contribution in [0.4, 0.5) is 4.39 Å². The zero-order valence-electron chi connectivity index (χ0n) is 23.2. The molecule has 1 fully saturated rings. The highest BCUT2D eigenvalue weighted by Gasteiger charge is 2.29. The highest BCUT2D eigenvalue weighted by atomic mass is 19.1. The topological polar surface area (TPSA) is 88.6 Å². The van der Waals surface area contributed by atoms with Gasteiger partial charge in [0.1, 0.15) is 18.3 Å². The number of fused-ring (bicyclic) bond motifs is 1. The lowest BCUT2D eigenvalue weighted by Gasteiger charge is -2.34. The number of carbonyl (C=O) groups excluding carboxylic acids is 1. The highest BCUT2D eigenvalue weighted by molar-refractivity contribution is 6.08. The smallest absolute Gasteiger partial charge is 0.256 e. The van der Waals surface area contributed by atoms with Crippen LogP contribution in [0.5, 0.6) is 11.5 Å². The van der Waals surface area contributed by atoms with Crippen LogP contribution in [-0.2, 0) is 6.54 Å². The Morgan fingerprint density at radius 3 is 2.53 bits per heavy atom. The molecule has 0 bridgehead atoms. The van der Waals surface area contributed by atoms with E-state index in [9.17, 15) is 14.0 Å². The number of likely N-dealkylation sites (tertiary alicyclic amines) is 1. The van der Waals surface area contributed by atoms with E-state index in [0.717, 1.165) is 48.3 Å². The van der Waals surface area contributed by atoms with Gasteiger partial charge in [-0.2, -0.15) is 0 Å². The maximum absolute atomic E-state index is 13.6. The number of halogens is 1. The molecule has 8 nitrogen and oxygen atoms in total. The number of pyridine rings is 1. The molecule has 0 unspecified atom stereocenters. The molecule has 0 saturated carbocycles. The molecule has 1 atom stereocenters. The van der Waals surface area contributed by atoms with Crippen molar-refractivity contribution in [2.75, 3.05) is 27.0 Å². The number of aryl methyl sites for hydroxylation is 1. The first kappa shape index (κ1) is 27.7. The van der Waals surface area contributed by atoms with Crippen LogP contribution in [0, 0.1) is 19.8 Å². The monoisotopic (exact) mass is 526 g/mol. The van der Waals surface area contributed by atoms with E-state index in [1.165, 1.54) is 7.11 Å². The number of alkyl halides is 1. The Hall–Kier alpha value is -3.33. The number of ether oxygens (including phenoxy) is 2. The number of nitrogens with zero attached hydrogens (tertiary/aromatic N) is 2. The van der Waals surface area contributed by atoms with Gasteiger partial charge >= 0.3 is 0 Å². The number of H-pyrrole nitrogens is 1. The summed E-state index contributed by atoms with van der Waals surface area (Å²) < 4.78 is 26.8. The molecule has 1 aromatic carbocycles. The van der Waals surface area contributed by atoms with Crippen molar-refractivity contribution in [1.82, 2.24) is 19.8 Å². The van der Waals surface area contributed by atoms with Gasteiger partial charge in [-0.05, 0) is 71.6 Å². The molecule has 2 aromatic heterocycles. The third-order valence-electron chi connectivity index (χ3n) is 7.59. The Balaban J connectivity index is 1.71. The number of carbonyl (C=O) groups is 1. The first-order valence-electron chi connectivity index (χ1n) is 13.3. The van der Waals surface area contributed by atoms with Crippen LogP contribution in [0.3, 0.4) is 0 Å². The van der Waals surface area contributed by atoms with E-state index in [2.05, 4.69) is 21.8 Å². The third kappa shape index (κ3) is 5.57. The molecule has 206 valence electrons. The molecule has 3 aromatic rings. The summed E-state index contributed by atoms with van der Waals surface area (Å²) in [7, 11) is 1.51. The van der Waals surface area contributed by atoms with Gasteiger partial charge in [-0.15, -0.1) is 0 Å². The number of nitrogens with one attached hydrogen (secondary N) is 2. The zero-order chi connectivity index (χ0) is 27.6. The molecule has 1 aliphatic heterocycles. The minimum absolute atomic E-state index is 0.0183. The Labute approximate surface area is 223 Å². The summed E-state index contributed by atoms with van der Waals surface area (Å²) in [5, 5.41) is 3.77. The normalized spacial score (nSPS) is 15.7. The van der Waals surface area contributed by atoms with Gasteiger partial charge in [0.15, 0.2) is 0 Å². The molecule has 9 heteroatoms. The molecule has 38 heavy (non-hydrogen) atoms. The van der Waals surface area contributed by atoms with Gasteiger partial charge in [0.05, 0.1) is 36.4 Å². The fourth-order valence-electron chi connectivity index (χ4n) is 5.63. The second-order valence-electron chi connectivity index (χ2n) is 10.5. The lowest BCUT2D eigenvalue weighted by Crippen LogP contribution is -2.35. The van der Waals surface area contributed by atoms with Crippen LogP contribution >= 0.6 is 0 Å². The van der Waals surface area contributed by atoms with E-state index in [1.807, 2.05) is 43.9 Å². The van der Waals surface area contributed by atoms with Gasteiger partial charge in [0.2, 0.25) is 0 Å². The maximum Gasteiger partial charge on any atom is 0.256 e. The van der Waals surface area contributed by atoms with Crippen molar-refractivity contribution in [2.24, 2.45) is 5.92 Å². The van der Waals surface area contributed by atoms with E-state index in [-0.39, 0.29) is 30.2 Å². The van der Waals surface area contributed by atoms with Crippen molar-refractivity contribution < 1.29 is 18.7 Å². The minimum atomic E-state index is -0.415. The fraction of sp³-hybridized carbons (Fsp3) is 0.517. The first-order chi connectivity index (χ1) is 18.1. The maximum atomic E-state index is 13.6. The number of aromatic nitrogens is 2. The zero-order valence-corrected chi connectivity index (χ0v) is 23.2. The summed E-state index contributed by atoms with van der Waals surface area (Å²) in [6.07, 6.45) is 1.80. The van der Waals surface area contributed by atoms with Crippen molar-refractivity contribution in [1.29, 1.82) is 0 Å². The molecule has 4 rings (SSSR count). The van der Waals surface area contributed by atoms with Crippen LogP contribution < -0.4 is 20.3 Å². The Bertz CT molecular complexity index is 1350. The summed E-state index contributed by atoms with van der Waals surface area (Å²) in [5.41, 5.74) is 3.12. The van der Waals surface area contributed by atoms with E-state index < -0.39 is 6.80 Å². The number of amides is 1. The Morgan fingerprint density at radius 2 is 1.89 bits per heavy atom. The number of methoxy groups -OCH3 is 1. The van der Waals surface area contributed by atoms with E-state index >= 15 is 0 Å². The molecular weight excluding hydrogens is 487 g/mol. The number of aromatic amines is 1. The molecule has 1 aliphatic rings. The quantitative estimate of drug-likeness (QED) is 0.389. The predicted molar refractivity (Wildman–Crippen MR) is 147 cm³/mol.